The van der Waals surface area contributed by atoms with Crippen molar-refractivity contribution in [3.8, 4) is 0 Å². The molecular weight excluding hydrogens is 467 g/mol. The predicted molar refractivity (Wildman–Crippen MR) is 112 cm³/mol. The molecule has 2 aliphatic rings. The molecule has 0 saturated carbocycles. The molecule has 2 unspecified atom stereocenters. The summed E-state index contributed by atoms with van der Waals surface area (Å²) in [5.41, 5.74) is 1.03. The van der Waals surface area contributed by atoms with Gasteiger partial charge in [0.15, 0.2) is 9.84 Å². The van der Waals surface area contributed by atoms with Gasteiger partial charge in [0.1, 0.15) is 5.82 Å². The molecule has 148 valence electrons. The zero-order valence-electron chi connectivity index (χ0n) is 15.0. The van der Waals surface area contributed by atoms with E-state index in [-0.39, 0.29) is 24.1 Å². The Balaban J connectivity index is 1.72. The fraction of sp³-hybridized carbons (Fsp3) is 0.316. The summed E-state index contributed by atoms with van der Waals surface area (Å²) in [6.07, 6.45) is 1.94. The van der Waals surface area contributed by atoms with Crippen molar-refractivity contribution in [2.24, 2.45) is 0 Å². The van der Waals surface area contributed by atoms with E-state index >= 15 is 0 Å². The second kappa shape index (κ2) is 7.35. The molecule has 2 saturated heterocycles. The molecule has 2 amide bonds. The Bertz CT molecular complexity index is 1050. The number of amides is 2. The lowest BCUT2D eigenvalue weighted by Gasteiger charge is -2.23. The van der Waals surface area contributed by atoms with E-state index < -0.39 is 27.7 Å². The molecule has 0 aliphatic carbocycles. The zero-order chi connectivity index (χ0) is 20.1. The Labute approximate surface area is 175 Å². The second-order valence-corrected chi connectivity index (χ2v) is 10.9. The van der Waals surface area contributed by atoms with Crippen molar-refractivity contribution < 1.29 is 17.6 Å². The number of benzene rings is 2. The number of halogens is 2. The number of carbonyl (C=O) groups excluding carboxylic acids is 1. The van der Waals surface area contributed by atoms with E-state index in [1.54, 1.807) is 28.8 Å². The van der Waals surface area contributed by atoms with Gasteiger partial charge in [0.25, 0.3) is 0 Å². The van der Waals surface area contributed by atoms with Gasteiger partial charge in [-0.2, -0.15) is 0 Å². The highest BCUT2D eigenvalue weighted by molar-refractivity contribution is 9.10. The van der Waals surface area contributed by atoms with Gasteiger partial charge in [-0.05, 0) is 36.6 Å². The molecule has 2 heterocycles. The van der Waals surface area contributed by atoms with Crippen LogP contribution in [-0.4, -0.2) is 49.2 Å². The Kier molecular flexibility index (Phi) is 5.18. The highest BCUT2D eigenvalue weighted by Crippen LogP contribution is 2.37. The summed E-state index contributed by atoms with van der Waals surface area (Å²) in [5.74, 6) is -0.602. The maximum absolute atomic E-state index is 14.3. The van der Waals surface area contributed by atoms with E-state index in [9.17, 15) is 17.6 Å². The number of anilines is 1. The first kappa shape index (κ1) is 19.7. The van der Waals surface area contributed by atoms with Crippen molar-refractivity contribution in [1.29, 1.82) is 0 Å². The number of thioether (sulfide) groups is 1. The largest absolute Gasteiger partial charge is 0.325 e. The van der Waals surface area contributed by atoms with Gasteiger partial charge >= 0.3 is 6.03 Å². The van der Waals surface area contributed by atoms with Crippen molar-refractivity contribution in [3.63, 3.8) is 0 Å². The van der Waals surface area contributed by atoms with Gasteiger partial charge in [-0.25, -0.2) is 17.6 Å². The third kappa shape index (κ3) is 3.55. The van der Waals surface area contributed by atoms with Crippen molar-refractivity contribution in [2.45, 2.75) is 23.5 Å². The molecule has 5 nitrogen and oxygen atoms in total. The van der Waals surface area contributed by atoms with Gasteiger partial charge < -0.3 is 4.90 Å². The Hall–Kier alpha value is -1.58. The van der Waals surface area contributed by atoms with E-state index in [1.165, 1.54) is 11.0 Å². The van der Waals surface area contributed by atoms with Crippen LogP contribution >= 0.6 is 27.7 Å². The number of hydrogen-bond acceptors (Lipinski definition) is 4. The number of urea groups is 1. The minimum atomic E-state index is -3.27. The SMILES string of the molecule is CSc1cccc(N2C(=O)N(Cc3ccc(Br)cc3F)C3CS(=O)(=O)CC32)c1. The van der Waals surface area contributed by atoms with Crippen molar-refractivity contribution in [2.75, 3.05) is 22.7 Å². The van der Waals surface area contributed by atoms with Crippen molar-refractivity contribution in [3.05, 3.63) is 58.3 Å². The maximum atomic E-state index is 14.3. The first-order chi connectivity index (χ1) is 13.3. The summed E-state index contributed by atoms with van der Waals surface area (Å²) in [6, 6.07) is 10.9. The van der Waals surface area contributed by atoms with Crippen LogP contribution in [0.25, 0.3) is 0 Å². The van der Waals surface area contributed by atoms with Crippen LogP contribution in [0, 0.1) is 5.82 Å². The average Bonchev–Trinajstić information content (AvgIpc) is 3.07. The lowest BCUT2D eigenvalue weighted by atomic mass is 10.1. The monoisotopic (exact) mass is 484 g/mol. The van der Waals surface area contributed by atoms with Crippen LogP contribution in [0.2, 0.25) is 0 Å². The highest BCUT2D eigenvalue weighted by atomic mass is 79.9. The number of fused-ring (bicyclic) bond motifs is 1. The fourth-order valence-electron chi connectivity index (χ4n) is 3.86. The Morgan fingerprint density at radius 1 is 1.18 bits per heavy atom. The third-order valence-electron chi connectivity index (χ3n) is 5.16. The standard InChI is InChI=1S/C19H18BrFN2O3S2/c1-27-15-4-2-3-14(8-15)23-18-11-28(25,26)10-17(18)22(19(23)24)9-12-5-6-13(20)7-16(12)21/h2-8,17-18H,9-11H2,1H3. The van der Waals surface area contributed by atoms with Crippen molar-refractivity contribution in [1.82, 2.24) is 4.90 Å². The van der Waals surface area contributed by atoms with Gasteiger partial charge in [-0.1, -0.05) is 28.1 Å². The molecule has 0 bridgehead atoms. The Morgan fingerprint density at radius 3 is 2.64 bits per heavy atom. The summed E-state index contributed by atoms with van der Waals surface area (Å²) >= 11 is 4.78. The topological polar surface area (TPSA) is 57.7 Å². The lowest BCUT2D eigenvalue weighted by Crippen LogP contribution is -2.37. The molecule has 0 aromatic heterocycles. The van der Waals surface area contributed by atoms with Gasteiger partial charge in [0, 0.05) is 20.6 Å². The predicted octanol–water partition coefficient (Wildman–Crippen LogP) is 3.92. The van der Waals surface area contributed by atoms with Crippen LogP contribution in [0.1, 0.15) is 5.56 Å². The molecule has 9 heteroatoms. The molecule has 2 aromatic rings. The minimum absolute atomic E-state index is 0.0351. The first-order valence-corrected chi connectivity index (χ1v) is 12.5. The molecule has 4 rings (SSSR count). The van der Waals surface area contributed by atoms with Crippen LogP contribution < -0.4 is 4.90 Å². The average molecular weight is 485 g/mol. The third-order valence-corrected chi connectivity index (χ3v) is 8.08. The number of nitrogens with zero attached hydrogens (tertiary/aromatic N) is 2. The molecule has 0 spiro atoms. The molecule has 2 aliphatic heterocycles. The maximum Gasteiger partial charge on any atom is 0.325 e. The van der Waals surface area contributed by atoms with E-state index in [0.717, 1.165) is 4.90 Å². The molecule has 28 heavy (non-hydrogen) atoms. The molecule has 0 N–H and O–H groups in total. The molecular formula is C19H18BrFN2O3S2. The lowest BCUT2D eigenvalue weighted by molar-refractivity contribution is 0.205. The van der Waals surface area contributed by atoms with E-state index in [1.807, 2.05) is 30.5 Å². The normalized spacial score (nSPS) is 23.3. The molecule has 2 atom stereocenters. The van der Waals surface area contributed by atoms with E-state index in [4.69, 9.17) is 0 Å². The summed E-state index contributed by atoms with van der Waals surface area (Å²) < 4.78 is 39.6. The van der Waals surface area contributed by atoms with Crippen molar-refractivity contribution >= 4 is 49.2 Å². The van der Waals surface area contributed by atoms with Gasteiger partial charge in [0.2, 0.25) is 0 Å². The van der Waals surface area contributed by atoms with Crippen LogP contribution in [0.15, 0.2) is 51.8 Å². The van der Waals surface area contributed by atoms with Crippen LogP contribution in [0.5, 0.6) is 0 Å². The fourth-order valence-corrected chi connectivity index (χ4v) is 6.59. The summed E-state index contributed by atoms with van der Waals surface area (Å²) in [5, 5.41) is 0. The van der Waals surface area contributed by atoms with E-state index in [0.29, 0.717) is 15.7 Å². The summed E-state index contributed by atoms with van der Waals surface area (Å²) in [7, 11) is -3.27. The molecule has 2 aromatic carbocycles. The second-order valence-electron chi connectivity index (χ2n) is 6.93. The van der Waals surface area contributed by atoms with Gasteiger partial charge in [-0.15, -0.1) is 11.8 Å². The number of carbonyl (C=O) groups is 1. The molecule has 0 radical (unpaired) electrons. The Morgan fingerprint density at radius 2 is 1.93 bits per heavy atom. The zero-order valence-corrected chi connectivity index (χ0v) is 18.2. The van der Waals surface area contributed by atoms with Crippen LogP contribution in [-0.2, 0) is 16.4 Å². The van der Waals surface area contributed by atoms with Crippen LogP contribution in [0.4, 0.5) is 14.9 Å². The smallest absolute Gasteiger partial charge is 0.314 e. The van der Waals surface area contributed by atoms with Crippen LogP contribution in [0.3, 0.4) is 0 Å². The van der Waals surface area contributed by atoms with Gasteiger partial charge in [-0.3, -0.25) is 4.90 Å². The number of sulfone groups is 1. The molecule has 2 fully saturated rings. The minimum Gasteiger partial charge on any atom is -0.314 e. The quantitative estimate of drug-likeness (QED) is 0.487. The summed E-state index contributed by atoms with van der Waals surface area (Å²) in [4.78, 5) is 17.3. The van der Waals surface area contributed by atoms with E-state index in [2.05, 4.69) is 15.9 Å². The number of hydrogen-bond donors (Lipinski definition) is 0. The first-order valence-electron chi connectivity index (χ1n) is 8.67. The highest BCUT2D eigenvalue weighted by Gasteiger charge is 2.53. The number of rotatable bonds is 4. The summed E-state index contributed by atoms with van der Waals surface area (Å²) in [6.45, 7) is 0.0351. The van der Waals surface area contributed by atoms with Gasteiger partial charge in [0.05, 0.1) is 30.1 Å².